The molecule has 1 aromatic heterocycles. The Hall–Kier alpha value is -2.48. The summed E-state index contributed by atoms with van der Waals surface area (Å²) in [5.41, 5.74) is 1.11. The molecule has 0 bridgehead atoms. The van der Waals surface area contributed by atoms with E-state index in [-0.39, 0.29) is 32.1 Å². The van der Waals surface area contributed by atoms with Gasteiger partial charge in [0.1, 0.15) is 6.54 Å². The minimum Gasteiger partial charge on any atom is -0.465 e. The predicted octanol–water partition coefficient (Wildman–Crippen LogP) is 2.28. The van der Waals surface area contributed by atoms with E-state index in [2.05, 4.69) is 4.99 Å². The minimum atomic E-state index is -0.419. The highest BCUT2D eigenvalue weighted by molar-refractivity contribution is 7.16. The number of thiazole rings is 1. The van der Waals surface area contributed by atoms with Gasteiger partial charge in [0, 0.05) is 6.42 Å². The van der Waals surface area contributed by atoms with Gasteiger partial charge < -0.3 is 14.0 Å². The van der Waals surface area contributed by atoms with Crippen LogP contribution in [0.5, 0.6) is 0 Å². The SMILES string of the molecule is CCOC(=O)Cn1c(=NC(=O)CC)sc2cc(C(=O)OCC)ccc21. The zero-order chi connectivity index (χ0) is 18.4. The zero-order valence-corrected chi connectivity index (χ0v) is 15.2. The van der Waals surface area contributed by atoms with Crippen molar-refractivity contribution in [1.82, 2.24) is 4.57 Å². The van der Waals surface area contributed by atoms with E-state index in [1.165, 1.54) is 11.3 Å². The average molecular weight is 364 g/mol. The number of aromatic nitrogens is 1. The maximum atomic E-state index is 11.9. The van der Waals surface area contributed by atoms with Crippen molar-refractivity contribution in [2.45, 2.75) is 33.7 Å². The van der Waals surface area contributed by atoms with E-state index in [1.807, 2.05) is 0 Å². The molecule has 1 aromatic carbocycles. The molecule has 25 heavy (non-hydrogen) atoms. The van der Waals surface area contributed by atoms with Gasteiger partial charge >= 0.3 is 11.9 Å². The first-order valence-electron chi connectivity index (χ1n) is 8.03. The fourth-order valence-electron chi connectivity index (χ4n) is 2.17. The van der Waals surface area contributed by atoms with E-state index in [0.29, 0.717) is 15.9 Å². The van der Waals surface area contributed by atoms with Crippen LogP contribution in [-0.2, 0) is 25.6 Å². The first kappa shape index (κ1) is 18.9. The molecule has 1 heterocycles. The first-order valence-corrected chi connectivity index (χ1v) is 8.85. The van der Waals surface area contributed by atoms with Crippen molar-refractivity contribution >= 4 is 39.4 Å². The van der Waals surface area contributed by atoms with Crippen LogP contribution in [-0.4, -0.2) is 35.6 Å². The number of carbonyl (C=O) groups is 3. The molecule has 7 nitrogen and oxygen atoms in total. The van der Waals surface area contributed by atoms with E-state index in [1.54, 1.807) is 43.5 Å². The lowest BCUT2D eigenvalue weighted by atomic mass is 10.2. The van der Waals surface area contributed by atoms with Gasteiger partial charge in [0.05, 0.1) is 29.0 Å². The van der Waals surface area contributed by atoms with E-state index >= 15 is 0 Å². The lowest BCUT2D eigenvalue weighted by Gasteiger charge is -2.06. The lowest BCUT2D eigenvalue weighted by Crippen LogP contribution is -2.23. The first-order chi connectivity index (χ1) is 12.0. The summed E-state index contributed by atoms with van der Waals surface area (Å²) in [4.78, 5) is 39.9. The molecule has 0 radical (unpaired) electrons. The summed E-state index contributed by atoms with van der Waals surface area (Å²) < 4.78 is 12.3. The third kappa shape index (κ3) is 4.54. The number of carbonyl (C=O) groups excluding carboxylic acids is 3. The van der Waals surface area contributed by atoms with E-state index in [9.17, 15) is 14.4 Å². The van der Waals surface area contributed by atoms with Gasteiger partial charge in [-0.3, -0.25) is 9.59 Å². The van der Waals surface area contributed by atoms with Gasteiger partial charge in [0.2, 0.25) is 5.91 Å². The number of hydrogen-bond donors (Lipinski definition) is 0. The van der Waals surface area contributed by atoms with Crippen molar-refractivity contribution in [3.05, 3.63) is 28.6 Å². The number of rotatable bonds is 6. The van der Waals surface area contributed by atoms with E-state index < -0.39 is 11.9 Å². The Bertz CT molecular complexity index is 866. The van der Waals surface area contributed by atoms with Crippen molar-refractivity contribution < 1.29 is 23.9 Å². The number of hydrogen-bond acceptors (Lipinski definition) is 6. The topological polar surface area (TPSA) is 87.0 Å². The average Bonchev–Trinajstić information content (AvgIpc) is 2.91. The van der Waals surface area contributed by atoms with Crippen LogP contribution in [0.2, 0.25) is 0 Å². The van der Waals surface area contributed by atoms with Gasteiger partial charge in [-0.05, 0) is 32.0 Å². The number of esters is 2. The normalized spacial score (nSPS) is 11.6. The van der Waals surface area contributed by atoms with E-state index in [0.717, 1.165) is 4.70 Å². The second-order valence-corrected chi connectivity index (χ2v) is 6.05. The Balaban J connectivity index is 2.55. The van der Waals surface area contributed by atoms with Crippen molar-refractivity contribution in [3.8, 4) is 0 Å². The predicted molar refractivity (Wildman–Crippen MR) is 93.3 cm³/mol. The molecule has 0 fully saturated rings. The van der Waals surface area contributed by atoms with Gasteiger partial charge in [0.25, 0.3) is 0 Å². The zero-order valence-electron chi connectivity index (χ0n) is 14.4. The quantitative estimate of drug-likeness (QED) is 0.734. The highest BCUT2D eigenvalue weighted by Crippen LogP contribution is 2.20. The summed E-state index contributed by atoms with van der Waals surface area (Å²) in [7, 11) is 0. The van der Waals surface area contributed by atoms with Crippen LogP contribution in [0.25, 0.3) is 10.2 Å². The number of amides is 1. The van der Waals surface area contributed by atoms with Gasteiger partial charge in [0.15, 0.2) is 4.80 Å². The Morgan fingerprint density at radius 1 is 1.12 bits per heavy atom. The summed E-state index contributed by atoms with van der Waals surface area (Å²) in [5, 5.41) is 0. The molecule has 1 amide bonds. The Morgan fingerprint density at radius 3 is 2.48 bits per heavy atom. The lowest BCUT2D eigenvalue weighted by molar-refractivity contribution is -0.143. The molecule has 0 aliphatic carbocycles. The van der Waals surface area contributed by atoms with Gasteiger partial charge in [-0.2, -0.15) is 4.99 Å². The largest absolute Gasteiger partial charge is 0.465 e. The molecule has 0 spiro atoms. The van der Waals surface area contributed by atoms with Crippen LogP contribution in [0.3, 0.4) is 0 Å². The highest BCUT2D eigenvalue weighted by Gasteiger charge is 2.14. The highest BCUT2D eigenvalue weighted by atomic mass is 32.1. The molecular formula is C17H20N2O5S. The fraction of sp³-hybridized carbons (Fsp3) is 0.412. The summed E-state index contributed by atoms with van der Waals surface area (Å²) in [6.45, 7) is 5.69. The summed E-state index contributed by atoms with van der Waals surface area (Å²) >= 11 is 1.24. The van der Waals surface area contributed by atoms with Crippen LogP contribution in [0.4, 0.5) is 0 Å². The molecule has 0 aliphatic heterocycles. The number of nitrogens with zero attached hydrogens (tertiary/aromatic N) is 2. The van der Waals surface area contributed by atoms with E-state index in [4.69, 9.17) is 9.47 Å². The standard InChI is InChI=1S/C17H20N2O5S/c1-4-14(20)18-17-19(10-15(21)23-5-2)12-8-7-11(9-13(12)25-17)16(22)24-6-3/h7-9H,4-6,10H2,1-3H3. The smallest absolute Gasteiger partial charge is 0.338 e. The van der Waals surface area contributed by atoms with Crippen LogP contribution in [0, 0.1) is 0 Å². The maximum absolute atomic E-state index is 11.9. The molecule has 8 heteroatoms. The molecule has 0 N–H and O–H groups in total. The molecule has 2 rings (SSSR count). The summed E-state index contributed by atoms with van der Waals surface area (Å²) in [6, 6.07) is 5.02. The summed E-state index contributed by atoms with van der Waals surface area (Å²) in [6.07, 6.45) is 0.266. The summed E-state index contributed by atoms with van der Waals surface area (Å²) in [5.74, 6) is -1.12. The van der Waals surface area contributed by atoms with Crippen LogP contribution in [0.15, 0.2) is 23.2 Å². The number of benzene rings is 1. The second kappa shape index (κ2) is 8.57. The molecule has 0 saturated heterocycles. The molecule has 0 unspecified atom stereocenters. The third-order valence-corrected chi connectivity index (χ3v) is 4.35. The van der Waals surface area contributed by atoms with Crippen molar-refractivity contribution in [2.24, 2.45) is 4.99 Å². The Kier molecular flexibility index (Phi) is 6.46. The monoisotopic (exact) mass is 364 g/mol. The third-order valence-electron chi connectivity index (χ3n) is 3.31. The number of ether oxygens (including phenoxy) is 2. The molecular weight excluding hydrogens is 344 g/mol. The minimum absolute atomic E-state index is 0.0532. The van der Waals surface area contributed by atoms with Gasteiger partial charge in [-0.25, -0.2) is 4.79 Å². The Labute approximate surface area is 148 Å². The molecule has 0 aliphatic rings. The van der Waals surface area contributed by atoms with Gasteiger partial charge in [-0.15, -0.1) is 0 Å². The Morgan fingerprint density at radius 2 is 1.84 bits per heavy atom. The van der Waals surface area contributed by atoms with Crippen LogP contribution in [0.1, 0.15) is 37.6 Å². The van der Waals surface area contributed by atoms with Crippen molar-refractivity contribution in [1.29, 1.82) is 0 Å². The fourth-order valence-corrected chi connectivity index (χ4v) is 3.26. The molecule has 0 saturated carbocycles. The molecule has 2 aromatic rings. The maximum Gasteiger partial charge on any atom is 0.338 e. The van der Waals surface area contributed by atoms with Gasteiger partial charge in [-0.1, -0.05) is 18.3 Å². The van der Waals surface area contributed by atoms with Crippen molar-refractivity contribution in [3.63, 3.8) is 0 Å². The van der Waals surface area contributed by atoms with Crippen LogP contribution >= 0.6 is 11.3 Å². The van der Waals surface area contributed by atoms with Crippen LogP contribution < -0.4 is 4.80 Å². The number of fused-ring (bicyclic) bond motifs is 1. The van der Waals surface area contributed by atoms with Crippen molar-refractivity contribution in [2.75, 3.05) is 13.2 Å². The molecule has 0 atom stereocenters. The second-order valence-electron chi connectivity index (χ2n) is 5.04. The molecule has 134 valence electrons.